The van der Waals surface area contributed by atoms with Gasteiger partial charge in [0, 0.05) is 19.0 Å². The molecular weight excluding hydrogens is 324 g/mol. The summed E-state index contributed by atoms with van der Waals surface area (Å²) in [6.45, 7) is 0.544. The molecule has 0 unspecified atom stereocenters. The molecule has 6 nitrogen and oxygen atoms in total. The number of nitrogens with two attached hydrogens (primary N) is 1. The van der Waals surface area contributed by atoms with Gasteiger partial charge in [-0.1, -0.05) is 6.07 Å². The molecule has 7 heteroatoms. The second-order valence-corrected chi connectivity index (χ2v) is 5.24. The molecule has 0 aliphatic rings. The Morgan fingerprint density at radius 3 is 3.05 bits per heavy atom. The highest BCUT2D eigenvalue weighted by Gasteiger charge is 2.15. The summed E-state index contributed by atoms with van der Waals surface area (Å²) in [5, 5.41) is 0. The van der Waals surface area contributed by atoms with E-state index in [4.69, 9.17) is 10.2 Å². The summed E-state index contributed by atoms with van der Waals surface area (Å²) in [5.74, 6) is 0.454. The molecule has 0 spiro atoms. The van der Waals surface area contributed by atoms with Crippen molar-refractivity contribution < 1.29 is 4.42 Å². The van der Waals surface area contributed by atoms with Crippen molar-refractivity contribution in [2.24, 2.45) is 12.8 Å². The highest BCUT2D eigenvalue weighted by atomic mass is 79.9. The summed E-state index contributed by atoms with van der Waals surface area (Å²) in [6.07, 6.45) is 0.705. The van der Waals surface area contributed by atoms with E-state index >= 15 is 0 Å². The zero-order valence-electron chi connectivity index (χ0n) is 10.8. The highest BCUT2D eigenvalue weighted by Crippen LogP contribution is 2.30. The number of H-pyrrole nitrogens is 1. The number of oxazole rings is 1. The Labute approximate surface area is 122 Å². The molecule has 0 aliphatic heterocycles. The van der Waals surface area contributed by atoms with Gasteiger partial charge in [0.1, 0.15) is 10.4 Å². The minimum Gasteiger partial charge on any atom is -0.408 e. The van der Waals surface area contributed by atoms with Crippen LogP contribution in [-0.4, -0.2) is 21.1 Å². The van der Waals surface area contributed by atoms with Gasteiger partial charge in [-0.25, -0.2) is 9.78 Å². The molecule has 0 radical (unpaired) electrons. The minimum atomic E-state index is -0.454. The molecule has 0 atom stereocenters. The van der Waals surface area contributed by atoms with E-state index in [0.29, 0.717) is 24.1 Å². The molecule has 0 fully saturated rings. The van der Waals surface area contributed by atoms with E-state index in [2.05, 4.69) is 25.9 Å². The Kier molecular flexibility index (Phi) is 3.23. The van der Waals surface area contributed by atoms with Crippen molar-refractivity contribution in [1.29, 1.82) is 0 Å². The minimum absolute atomic E-state index is 0.454. The van der Waals surface area contributed by atoms with E-state index in [9.17, 15) is 4.79 Å². The molecule has 3 aromatic rings. The molecule has 0 aliphatic carbocycles. The van der Waals surface area contributed by atoms with Gasteiger partial charge >= 0.3 is 5.76 Å². The molecule has 1 aromatic carbocycles. The molecule has 20 heavy (non-hydrogen) atoms. The zero-order chi connectivity index (χ0) is 14.3. The van der Waals surface area contributed by atoms with Crippen LogP contribution in [0.2, 0.25) is 0 Å². The fraction of sp³-hybridized carbons (Fsp3) is 0.231. The number of hydrogen-bond donors (Lipinski definition) is 2. The molecule has 104 valence electrons. The number of aromatic amines is 1. The van der Waals surface area contributed by atoms with E-state index in [1.165, 1.54) is 0 Å². The monoisotopic (exact) mass is 336 g/mol. The van der Waals surface area contributed by atoms with Gasteiger partial charge < -0.3 is 14.7 Å². The molecule has 0 saturated heterocycles. The molecule has 2 aromatic heterocycles. The molecule has 0 bridgehead atoms. The average molecular weight is 337 g/mol. The van der Waals surface area contributed by atoms with E-state index < -0.39 is 5.76 Å². The molecule has 2 heterocycles. The van der Waals surface area contributed by atoms with Crippen molar-refractivity contribution >= 4 is 27.0 Å². The predicted octanol–water partition coefficient (Wildman–Crippen LogP) is 1.79. The van der Waals surface area contributed by atoms with Gasteiger partial charge in [0.05, 0.1) is 11.2 Å². The number of nitrogens with zero attached hydrogens (tertiary/aromatic N) is 2. The van der Waals surface area contributed by atoms with Crippen LogP contribution >= 0.6 is 15.9 Å². The number of imidazole rings is 1. The molecule has 0 amide bonds. The van der Waals surface area contributed by atoms with Gasteiger partial charge in [-0.15, -0.1) is 0 Å². The summed E-state index contributed by atoms with van der Waals surface area (Å²) in [6, 6.07) is 5.56. The third kappa shape index (κ3) is 2.08. The molecule has 0 saturated carbocycles. The number of fused-ring (bicyclic) bond motifs is 1. The maximum atomic E-state index is 11.2. The van der Waals surface area contributed by atoms with E-state index in [0.717, 1.165) is 21.7 Å². The number of nitrogens with one attached hydrogen (secondary N) is 1. The number of hydrogen-bond acceptors (Lipinski definition) is 4. The largest absolute Gasteiger partial charge is 0.417 e. The Morgan fingerprint density at radius 1 is 1.50 bits per heavy atom. The SMILES string of the molecule is Cn1c(CCN)nc(Br)c1-c1ccc2[nH]c(=O)oc2c1. The number of rotatable bonds is 3. The first-order chi connectivity index (χ1) is 9.60. The number of aromatic nitrogens is 3. The van der Waals surface area contributed by atoms with E-state index in [1.54, 1.807) is 0 Å². The fourth-order valence-electron chi connectivity index (χ4n) is 2.27. The smallest absolute Gasteiger partial charge is 0.408 e. The first-order valence-electron chi connectivity index (χ1n) is 6.14. The third-order valence-electron chi connectivity index (χ3n) is 3.21. The standard InChI is InChI=1S/C13H13BrN4O2/c1-18-10(4-5-15)17-12(14)11(18)7-2-3-8-9(6-7)20-13(19)16-8/h2-3,6H,4-5,15H2,1H3,(H,16,19). The molecule has 3 rings (SSSR count). The van der Waals surface area contributed by atoms with Crippen LogP contribution in [0.1, 0.15) is 5.82 Å². The topological polar surface area (TPSA) is 89.8 Å². The van der Waals surface area contributed by atoms with Crippen LogP contribution in [0.15, 0.2) is 32.0 Å². The van der Waals surface area contributed by atoms with Crippen LogP contribution in [-0.2, 0) is 13.5 Å². The second kappa shape index (κ2) is 4.92. The molecular formula is C13H13BrN4O2. The Bertz CT molecular complexity index is 831. The molecule has 3 N–H and O–H groups in total. The first kappa shape index (κ1) is 13.1. The van der Waals surface area contributed by atoms with Crippen LogP contribution in [0.4, 0.5) is 0 Å². The fourth-order valence-corrected chi connectivity index (χ4v) is 2.97. The third-order valence-corrected chi connectivity index (χ3v) is 3.76. The van der Waals surface area contributed by atoms with Crippen LogP contribution < -0.4 is 11.5 Å². The first-order valence-corrected chi connectivity index (χ1v) is 6.94. The number of halogens is 1. The lowest BCUT2D eigenvalue weighted by Crippen LogP contribution is -2.08. The van der Waals surface area contributed by atoms with Gasteiger partial charge in [0.2, 0.25) is 0 Å². The maximum Gasteiger partial charge on any atom is 0.417 e. The van der Waals surface area contributed by atoms with E-state index in [1.807, 2.05) is 29.8 Å². The van der Waals surface area contributed by atoms with Crippen molar-refractivity contribution in [3.63, 3.8) is 0 Å². The van der Waals surface area contributed by atoms with Crippen molar-refractivity contribution in [1.82, 2.24) is 14.5 Å². The van der Waals surface area contributed by atoms with E-state index in [-0.39, 0.29) is 0 Å². The summed E-state index contributed by atoms with van der Waals surface area (Å²) >= 11 is 3.47. The van der Waals surface area contributed by atoms with Crippen LogP contribution in [0, 0.1) is 0 Å². The average Bonchev–Trinajstić information content (AvgIpc) is 2.89. The van der Waals surface area contributed by atoms with Crippen molar-refractivity contribution in [3.8, 4) is 11.3 Å². The van der Waals surface area contributed by atoms with Crippen LogP contribution in [0.3, 0.4) is 0 Å². The lowest BCUT2D eigenvalue weighted by atomic mass is 10.1. The normalized spacial score (nSPS) is 11.3. The van der Waals surface area contributed by atoms with Crippen LogP contribution in [0.25, 0.3) is 22.4 Å². The Hall–Kier alpha value is -1.86. The quantitative estimate of drug-likeness (QED) is 0.762. The Balaban J connectivity index is 2.17. The van der Waals surface area contributed by atoms with Gasteiger partial charge in [0.15, 0.2) is 5.58 Å². The summed E-state index contributed by atoms with van der Waals surface area (Å²) < 4.78 is 7.83. The highest BCUT2D eigenvalue weighted by molar-refractivity contribution is 9.10. The van der Waals surface area contributed by atoms with Crippen molar-refractivity contribution in [2.45, 2.75) is 6.42 Å². The van der Waals surface area contributed by atoms with Crippen LogP contribution in [0.5, 0.6) is 0 Å². The van der Waals surface area contributed by atoms with Gasteiger partial charge in [-0.3, -0.25) is 4.98 Å². The van der Waals surface area contributed by atoms with Crippen molar-refractivity contribution in [2.75, 3.05) is 6.54 Å². The zero-order valence-corrected chi connectivity index (χ0v) is 12.4. The Morgan fingerprint density at radius 2 is 2.30 bits per heavy atom. The number of benzene rings is 1. The summed E-state index contributed by atoms with van der Waals surface area (Å²) in [7, 11) is 1.94. The lowest BCUT2D eigenvalue weighted by molar-refractivity contribution is 0.555. The van der Waals surface area contributed by atoms with Gasteiger partial charge in [-0.2, -0.15) is 0 Å². The van der Waals surface area contributed by atoms with Gasteiger partial charge in [0.25, 0.3) is 0 Å². The maximum absolute atomic E-state index is 11.2. The summed E-state index contributed by atoms with van der Waals surface area (Å²) in [4.78, 5) is 18.3. The lowest BCUT2D eigenvalue weighted by Gasteiger charge is -2.05. The predicted molar refractivity (Wildman–Crippen MR) is 79.5 cm³/mol. The van der Waals surface area contributed by atoms with Crippen molar-refractivity contribution in [3.05, 3.63) is 39.2 Å². The summed E-state index contributed by atoms with van der Waals surface area (Å²) in [5.41, 5.74) is 8.64. The van der Waals surface area contributed by atoms with Gasteiger partial charge in [-0.05, 0) is 34.6 Å². The second-order valence-electron chi connectivity index (χ2n) is 4.49.